The minimum Gasteiger partial charge on any atom is -0.366 e. The van der Waals surface area contributed by atoms with Gasteiger partial charge in [0.15, 0.2) is 0 Å². The van der Waals surface area contributed by atoms with Crippen molar-refractivity contribution < 1.29 is 0 Å². The maximum absolute atomic E-state index is 5.52. The van der Waals surface area contributed by atoms with Crippen LogP contribution in [0, 0.1) is 0 Å². The molecule has 1 aromatic rings. The zero-order valence-corrected chi connectivity index (χ0v) is 7.90. The Hall–Kier alpha value is -1.26. The van der Waals surface area contributed by atoms with Crippen molar-refractivity contribution in [2.24, 2.45) is 7.05 Å². The molecule has 0 radical (unpaired) electrons. The average molecular weight is 181 g/mol. The van der Waals surface area contributed by atoms with Crippen LogP contribution in [0.5, 0.6) is 0 Å². The molecule has 1 aliphatic rings. The first-order valence-electron chi connectivity index (χ1n) is 4.69. The first kappa shape index (κ1) is 8.34. The summed E-state index contributed by atoms with van der Waals surface area (Å²) in [6, 6.07) is 0. The molecule has 0 unspecified atom stereocenters. The molecule has 0 spiro atoms. The molecule has 1 fully saturated rings. The molecule has 1 saturated heterocycles. The highest BCUT2D eigenvalue weighted by molar-refractivity contribution is 5.35. The summed E-state index contributed by atoms with van der Waals surface area (Å²) in [6.07, 6.45) is 3.81. The number of nitrogen functional groups attached to an aromatic ring is 1. The van der Waals surface area contributed by atoms with Crippen molar-refractivity contribution in [3.63, 3.8) is 0 Å². The Labute approximate surface area is 77.5 Å². The molecule has 13 heavy (non-hydrogen) atoms. The third-order valence-corrected chi connectivity index (χ3v) is 2.40. The van der Waals surface area contributed by atoms with Crippen molar-refractivity contribution in [2.75, 3.05) is 23.7 Å². The van der Waals surface area contributed by atoms with Gasteiger partial charge in [-0.3, -0.25) is 0 Å². The van der Waals surface area contributed by atoms with Crippen molar-refractivity contribution in [2.45, 2.75) is 19.3 Å². The summed E-state index contributed by atoms with van der Waals surface area (Å²) < 4.78 is 1.75. The number of nitrogens with two attached hydrogens (primary N) is 1. The van der Waals surface area contributed by atoms with Crippen LogP contribution in [-0.4, -0.2) is 27.9 Å². The molecule has 5 heteroatoms. The van der Waals surface area contributed by atoms with Crippen LogP contribution >= 0.6 is 0 Å². The van der Waals surface area contributed by atoms with E-state index in [4.69, 9.17) is 5.73 Å². The molecule has 5 nitrogen and oxygen atoms in total. The van der Waals surface area contributed by atoms with Gasteiger partial charge in [0.2, 0.25) is 11.9 Å². The van der Waals surface area contributed by atoms with Crippen LogP contribution in [0.25, 0.3) is 0 Å². The molecule has 0 bridgehead atoms. The summed E-state index contributed by atoms with van der Waals surface area (Å²) in [5.41, 5.74) is 5.52. The Morgan fingerprint density at radius 1 is 1.23 bits per heavy atom. The number of anilines is 2. The number of hydrogen-bond acceptors (Lipinski definition) is 4. The summed E-state index contributed by atoms with van der Waals surface area (Å²) in [7, 11) is 1.88. The Bertz CT molecular complexity index is 287. The molecule has 0 aromatic carbocycles. The monoisotopic (exact) mass is 181 g/mol. The fraction of sp³-hybridized carbons (Fsp3) is 0.750. The van der Waals surface area contributed by atoms with Gasteiger partial charge in [0.05, 0.1) is 0 Å². The van der Waals surface area contributed by atoms with Gasteiger partial charge in [-0.25, -0.2) is 4.68 Å². The first-order chi connectivity index (χ1) is 6.27. The van der Waals surface area contributed by atoms with E-state index in [1.54, 1.807) is 4.68 Å². The van der Waals surface area contributed by atoms with Crippen molar-refractivity contribution >= 4 is 11.9 Å². The highest BCUT2D eigenvalue weighted by Crippen LogP contribution is 2.17. The molecule has 2 heterocycles. The van der Waals surface area contributed by atoms with Crippen LogP contribution in [0.15, 0.2) is 0 Å². The van der Waals surface area contributed by atoms with E-state index in [1.165, 1.54) is 19.3 Å². The summed E-state index contributed by atoms with van der Waals surface area (Å²) >= 11 is 0. The van der Waals surface area contributed by atoms with Gasteiger partial charge in [0.1, 0.15) is 0 Å². The predicted molar refractivity (Wildman–Crippen MR) is 51.5 cm³/mol. The third kappa shape index (κ3) is 1.59. The SMILES string of the molecule is Cn1nc(N)nc1N1CCCCC1. The topological polar surface area (TPSA) is 60.0 Å². The minimum atomic E-state index is 0.364. The van der Waals surface area contributed by atoms with E-state index in [-0.39, 0.29) is 0 Å². The number of hydrogen-bond donors (Lipinski definition) is 1. The number of aromatic nitrogens is 3. The van der Waals surface area contributed by atoms with E-state index in [0.717, 1.165) is 19.0 Å². The van der Waals surface area contributed by atoms with Gasteiger partial charge >= 0.3 is 0 Å². The lowest BCUT2D eigenvalue weighted by atomic mass is 10.1. The van der Waals surface area contributed by atoms with E-state index in [2.05, 4.69) is 15.0 Å². The molecule has 1 aromatic heterocycles. The van der Waals surface area contributed by atoms with Crippen molar-refractivity contribution in [3.05, 3.63) is 0 Å². The Morgan fingerprint density at radius 3 is 2.46 bits per heavy atom. The fourth-order valence-corrected chi connectivity index (χ4v) is 1.76. The maximum atomic E-state index is 5.52. The minimum absolute atomic E-state index is 0.364. The lowest BCUT2D eigenvalue weighted by Gasteiger charge is -2.26. The summed E-state index contributed by atoms with van der Waals surface area (Å²) in [5.74, 6) is 1.26. The Morgan fingerprint density at radius 2 is 1.92 bits per heavy atom. The molecule has 2 rings (SSSR count). The van der Waals surface area contributed by atoms with Gasteiger partial charge in [-0.2, -0.15) is 4.98 Å². The second-order valence-electron chi connectivity index (χ2n) is 3.44. The molecule has 2 N–H and O–H groups in total. The highest BCUT2D eigenvalue weighted by atomic mass is 15.4. The normalized spacial score (nSPS) is 17.8. The quantitative estimate of drug-likeness (QED) is 0.680. The second-order valence-corrected chi connectivity index (χ2v) is 3.44. The molecule has 0 atom stereocenters. The standard InChI is InChI=1S/C8H15N5/c1-12-8(10-7(9)11-12)13-5-3-2-4-6-13/h2-6H2,1H3,(H2,9,11). The van der Waals surface area contributed by atoms with Crippen molar-refractivity contribution in [1.82, 2.24) is 14.8 Å². The fourth-order valence-electron chi connectivity index (χ4n) is 1.76. The zero-order chi connectivity index (χ0) is 9.26. The summed E-state index contributed by atoms with van der Waals surface area (Å²) in [5, 5.41) is 4.03. The Kier molecular flexibility index (Phi) is 2.08. The highest BCUT2D eigenvalue weighted by Gasteiger charge is 2.15. The Balaban J connectivity index is 2.18. The summed E-state index contributed by atoms with van der Waals surface area (Å²) in [6.45, 7) is 2.15. The largest absolute Gasteiger partial charge is 0.366 e. The van der Waals surface area contributed by atoms with Gasteiger partial charge in [0.25, 0.3) is 0 Å². The smallest absolute Gasteiger partial charge is 0.241 e. The number of piperidine rings is 1. The lowest BCUT2D eigenvalue weighted by Crippen LogP contribution is -2.31. The van der Waals surface area contributed by atoms with Crippen LogP contribution in [-0.2, 0) is 7.05 Å². The summed E-state index contributed by atoms with van der Waals surface area (Å²) in [4.78, 5) is 6.43. The molecule has 0 aliphatic carbocycles. The maximum Gasteiger partial charge on any atom is 0.241 e. The predicted octanol–water partition coefficient (Wildman–Crippen LogP) is 0.388. The zero-order valence-electron chi connectivity index (χ0n) is 7.90. The first-order valence-corrected chi connectivity index (χ1v) is 4.69. The third-order valence-electron chi connectivity index (χ3n) is 2.40. The van der Waals surface area contributed by atoms with Crippen LogP contribution in [0.2, 0.25) is 0 Å². The lowest BCUT2D eigenvalue weighted by molar-refractivity contribution is 0.557. The number of rotatable bonds is 1. The second kappa shape index (κ2) is 3.24. The van der Waals surface area contributed by atoms with Crippen LogP contribution < -0.4 is 10.6 Å². The van der Waals surface area contributed by atoms with E-state index in [9.17, 15) is 0 Å². The van der Waals surface area contributed by atoms with Gasteiger partial charge < -0.3 is 10.6 Å². The van der Waals surface area contributed by atoms with Gasteiger partial charge in [-0.05, 0) is 19.3 Å². The van der Waals surface area contributed by atoms with Gasteiger partial charge in [-0.15, -0.1) is 5.10 Å². The molecule has 1 aliphatic heterocycles. The molecule has 0 amide bonds. The van der Waals surface area contributed by atoms with E-state index in [1.807, 2.05) is 7.05 Å². The molecule has 0 saturated carbocycles. The number of nitrogens with zero attached hydrogens (tertiary/aromatic N) is 4. The van der Waals surface area contributed by atoms with Crippen LogP contribution in [0.1, 0.15) is 19.3 Å². The van der Waals surface area contributed by atoms with Crippen molar-refractivity contribution in [3.8, 4) is 0 Å². The molecular formula is C8H15N5. The average Bonchev–Trinajstić information content (AvgIpc) is 2.47. The van der Waals surface area contributed by atoms with Gasteiger partial charge in [-0.1, -0.05) is 0 Å². The number of aryl methyl sites for hydroxylation is 1. The molecule has 72 valence electrons. The van der Waals surface area contributed by atoms with Gasteiger partial charge in [0, 0.05) is 20.1 Å². The molecular weight excluding hydrogens is 166 g/mol. The van der Waals surface area contributed by atoms with E-state index >= 15 is 0 Å². The van der Waals surface area contributed by atoms with Crippen molar-refractivity contribution in [1.29, 1.82) is 0 Å². The van der Waals surface area contributed by atoms with Crippen LogP contribution in [0.3, 0.4) is 0 Å². The van der Waals surface area contributed by atoms with E-state index in [0.29, 0.717) is 5.95 Å². The van der Waals surface area contributed by atoms with E-state index < -0.39 is 0 Å². The van der Waals surface area contributed by atoms with Crippen LogP contribution in [0.4, 0.5) is 11.9 Å².